The monoisotopic (exact) mass is 412 g/mol. The van der Waals surface area contributed by atoms with Gasteiger partial charge in [0.25, 0.3) is 0 Å². The number of halogens is 1. The van der Waals surface area contributed by atoms with Crippen LogP contribution in [0.1, 0.15) is 37.8 Å². The van der Waals surface area contributed by atoms with Crippen LogP contribution in [-0.2, 0) is 17.8 Å². The Morgan fingerprint density at radius 1 is 1.07 bits per heavy atom. The van der Waals surface area contributed by atoms with Crippen molar-refractivity contribution in [2.24, 2.45) is 17.8 Å². The van der Waals surface area contributed by atoms with Crippen molar-refractivity contribution >= 4 is 5.91 Å². The average Bonchev–Trinajstić information content (AvgIpc) is 2.77. The van der Waals surface area contributed by atoms with Crippen LogP contribution in [0.5, 0.6) is 5.75 Å². The summed E-state index contributed by atoms with van der Waals surface area (Å²) in [5, 5.41) is 6.49. The van der Waals surface area contributed by atoms with E-state index in [0.29, 0.717) is 31.4 Å². The highest BCUT2D eigenvalue weighted by atomic mass is 19.1. The first-order valence-electron chi connectivity index (χ1n) is 11.0. The lowest BCUT2D eigenvalue weighted by Crippen LogP contribution is -2.40. The van der Waals surface area contributed by atoms with Gasteiger partial charge < -0.3 is 15.4 Å². The number of amides is 1. The third-order valence-electron chi connectivity index (χ3n) is 5.63. The molecule has 1 aliphatic rings. The van der Waals surface area contributed by atoms with Gasteiger partial charge in [0, 0.05) is 12.5 Å². The number of piperidine rings is 1. The van der Waals surface area contributed by atoms with Crippen LogP contribution in [-0.4, -0.2) is 25.6 Å². The molecule has 1 atom stereocenters. The predicted molar refractivity (Wildman–Crippen MR) is 118 cm³/mol. The van der Waals surface area contributed by atoms with Crippen LogP contribution in [0.25, 0.3) is 0 Å². The van der Waals surface area contributed by atoms with Gasteiger partial charge in [0.2, 0.25) is 5.91 Å². The Labute approximate surface area is 179 Å². The molecular formula is C25H33FN2O2. The Morgan fingerprint density at radius 2 is 1.70 bits per heavy atom. The van der Waals surface area contributed by atoms with E-state index in [4.69, 9.17) is 4.74 Å². The summed E-state index contributed by atoms with van der Waals surface area (Å²) in [6.45, 7) is 7.31. The second-order valence-corrected chi connectivity index (χ2v) is 8.59. The highest BCUT2D eigenvalue weighted by Crippen LogP contribution is 2.26. The number of ether oxygens (including phenoxy) is 1. The van der Waals surface area contributed by atoms with Gasteiger partial charge in [-0.1, -0.05) is 38.1 Å². The van der Waals surface area contributed by atoms with Crippen molar-refractivity contribution in [1.82, 2.24) is 10.6 Å². The van der Waals surface area contributed by atoms with Crippen molar-refractivity contribution < 1.29 is 13.9 Å². The number of hydrogen-bond donors (Lipinski definition) is 2. The van der Waals surface area contributed by atoms with Crippen molar-refractivity contribution in [2.75, 3.05) is 19.7 Å². The van der Waals surface area contributed by atoms with E-state index in [0.717, 1.165) is 42.8 Å². The number of carbonyl (C=O) groups is 1. The lowest BCUT2D eigenvalue weighted by atomic mass is 9.80. The molecule has 1 amide bonds. The summed E-state index contributed by atoms with van der Waals surface area (Å²) >= 11 is 0. The summed E-state index contributed by atoms with van der Waals surface area (Å²) in [4.78, 5) is 13.1. The summed E-state index contributed by atoms with van der Waals surface area (Å²) in [6.07, 6.45) is 2.61. The van der Waals surface area contributed by atoms with Gasteiger partial charge in [-0.25, -0.2) is 4.39 Å². The molecule has 162 valence electrons. The van der Waals surface area contributed by atoms with E-state index in [1.807, 2.05) is 24.3 Å². The van der Waals surface area contributed by atoms with Crippen molar-refractivity contribution in [3.63, 3.8) is 0 Å². The molecular weight excluding hydrogens is 379 g/mol. The molecule has 30 heavy (non-hydrogen) atoms. The normalized spacial score (nSPS) is 15.7. The van der Waals surface area contributed by atoms with Crippen LogP contribution in [0, 0.1) is 23.6 Å². The molecule has 2 N–H and O–H groups in total. The largest absolute Gasteiger partial charge is 0.493 e. The smallest absolute Gasteiger partial charge is 0.223 e. The summed E-state index contributed by atoms with van der Waals surface area (Å²) in [7, 11) is 0. The van der Waals surface area contributed by atoms with Crippen molar-refractivity contribution in [3.05, 3.63) is 65.5 Å². The lowest BCUT2D eigenvalue weighted by molar-refractivity contribution is -0.127. The minimum atomic E-state index is -0.248. The topological polar surface area (TPSA) is 50.4 Å². The molecule has 0 bridgehead atoms. The van der Waals surface area contributed by atoms with Crippen molar-refractivity contribution in [2.45, 2.75) is 39.7 Å². The number of benzene rings is 2. The number of hydrogen-bond acceptors (Lipinski definition) is 3. The fourth-order valence-electron chi connectivity index (χ4n) is 3.88. The molecule has 0 spiro atoms. The minimum Gasteiger partial charge on any atom is -0.493 e. The summed E-state index contributed by atoms with van der Waals surface area (Å²) in [6, 6.07) is 14.4. The minimum absolute atomic E-state index is 0.0753. The van der Waals surface area contributed by atoms with Gasteiger partial charge in [0.05, 0.1) is 6.61 Å². The Hall–Kier alpha value is -2.40. The second-order valence-electron chi connectivity index (χ2n) is 8.59. The zero-order chi connectivity index (χ0) is 21.3. The SMILES string of the molecule is CC(C)COc1ccc(CNC(=O)[C@H](Cc2ccc(F)cc2)C2CCNCC2)cc1. The average molecular weight is 413 g/mol. The van der Waals surface area contributed by atoms with Crippen LogP contribution in [0.4, 0.5) is 4.39 Å². The van der Waals surface area contributed by atoms with E-state index in [9.17, 15) is 9.18 Å². The highest BCUT2D eigenvalue weighted by Gasteiger charge is 2.29. The lowest BCUT2D eigenvalue weighted by Gasteiger charge is -2.30. The first-order valence-corrected chi connectivity index (χ1v) is 11.0. The van der Waals surface area contributed by atoms with Crippen LogP contribution in [0.15, 0.2) is 48.5 Å². The van der Waals surface area contributed by atoms with Crippen molar-refractivity contribution in [3.8, 4) is 5.75 Å². The first kappa shape index (κ1) is 22.3. The fourth-order valence-corrected chi connectivity index (χ4v) is 3.88. The zero-order valence-corrected chi connectivity index (χ0v) is 18.0. The molecule has 4 nitrogen and oxygen atoms in total. The summed E-state index contributed by atoms with van der Waals surface area (Å²) in [5.41, 5.74) is 2.05. The van der Waals surface area contributed by atoms with Crippen LogP contribution < -0.4 is 15.4 Å². The molecule has 1 heterocycles. The molecule has 0 aromatic heterocycles. The van der Waals surface area contributed by atoms with E-state index in [1.165, 1.54) is 12.1 Å². The third kappa shape index (κ3) is 6.84. The van der Waals surface area contributed by atoms with Gasteiger partial charge in [-0.05, 0) is 79.6 Å². The molecule has 2 aromatic carbocycles. The van der Waals surface area contributed by atoms with Gasteiger partial charge >= 0.3 is 0 Å². The molecule has 2 aromatic rings. The standard InChI is InChI=1S/C25H33FN2O2/c1-18(2)17-30-23-9-5-20(6-10-23)16-28-25(29)24(21-11-13-27-14-12-21)15-19-3-7-22(26)8-4-19/h3-10,18,21,24,27H,11-17H2,1-2H3,(H,28,29)/t24-/m1/s1. The van der Waals surface area contributed by atoms with E-state index >= 15 is 0 Å². The third-order valence-corrected chi connectivity index (χ3v) is 5.63. The maximum Gasteiger partial charge on any atom is 0.223 e. The Balaban J connectivity index is 1.60. The summed E-state index contributed by atoms with van der Waals surface area (Å²) < 4.78 is 19.0. The number of rotatable bonds is 9. The van der Waals surface area contributed by atoms with Crippen LogP contribution >= 0.6 is 0 Å². The van der Waals surface area contributed by atoms with Gasteiger partial charge in [0.15, 0.2) is 0 Å². The summed E-state index contributed by atoms with van der Waals surface area (Å²) in [5.74, 6) is 1.39. The van der Waals surface area contributed by atoms with E-state index in [1.54, 1.807) is 12.1 Å². The van der Waals surface area contributed by atoms with Crippen molar-refractivity contribution in [1.29, 1.82) is 0 Å². The molecule has 0 radical (unpaired) electrons. The Morgan fingerprint density at radius 3 is 2.33 bits per heavy atom. The van der Waals surface area contributed by atoms with Gasteiger partial charge in [0.1, 0.15) is 11.6 Å². The predicted octanol–water partition coefficient (Wildman–Crippen LogP) is 4.34. The Bertz CT molecular complexity index is 784. The molecule has 1 aliphatic heterocycles. The second kappa shape index (κ2) is 11.1. The van der Waals surface area contributed by atoms with E-state index in [-0.39, 0.29) is 17.6 Å². The molecule has 0 aliphatic carbocycles. The van der Waals surface area contributed by atoms with Gasteiger partial charge in [-0.3, -0.25) is 4.79 Å². The molecule has 1 fully saturated rings. The number of nitrogens with one attached hydrogen (secondary N) is 2. The van der Waals surface area contributed by atoms with E-state index in [2.05, 4.69) is 24.5 Å². The fraction of sp³-hybridized carbons (Fsp3) is 0.480. The highest BCUT2D eigenvalue weighted by molar-refractivity contribution is 5.79. The molecule has 0 unspecified atom stereocenters. The number of carbonyl (C=O) groups excluding carboxylic acids is 1. The van der Waals surface area contributed by atoms with Gasteiger partial charge in [-0.15, -0.1) is 0 Å². The zero-order valence-electron chi connectivity index (χ0n) is 18.0. The van der Waals surface area contributed by atoms with Crippen LogP contribution in [0.3, 0.4) is 0 Å². The van der Waals surface area contributed by atoms with Gasteiger partial charge in [-0.2, -0.15) is 0 Å². The maximum absolute atomic E-state index is 13.3. The molecule has 5 heteroatoms. The quantitative estimate of drug-likeness (QED) is 0.644. The molecule has 3 rings (SSSR count). The maximum atomic E-state index is 13.3. The molecule has 0 saturated carbocycles. The van der Waals surface area contributed by atoms with Crippen LogP contribution in [0.2, 0.25) is 0 Å². The Kier molecular flexibility index (Phi) is 8.26. The molecule has 1 saturated heterocycles. The first-order chi connectivity index (χ1) is 14.5. The van der Waals surface area contributed by atoms with E-state index < -0.39 is 0 Å².